The van der Waals surface area contributed by atoms with Crippen molar-refractivity contribution >= 4 is 22.2 Å². The van der Waals surface area contributed by atoms with Crippen molar-refractivity contribution in [3.05, 3.63) is 54.1 Å². The summed E-state index contributed by atoms with van der Waals surface area (Å²) in [5, 5.41) is 5.60. The van der Waals surface area contributed by atoms with E-state index in [4.69, 9.17) is 5.73 Å². The van der Waals surface area contributed by atoms with Crippen LogP contribution in [0.2, 0.25) is 0 Å². The lowest BCUT2D eigenvalue weighted by atomic mass is 9.92. The number of nitrogens with two attached hydrogens (primary N) is 1. The summed E-state index contributed by atoms with van der Waals surface area (Å²) in [5.41, 5.74) is 13.0. The third kappa shape index (κ3) is 1.84. The highest BCUT2D eigenvalue weighted by Gasteiger charge is 2.24. The van der Waals surface area contributed by atoms with Crippen LogP contribution in [0.3, 0.4) is 0 Å². The molecule has 24 heavy (non-hydrogen) atoms. The Hall–Kier alpha value is -2.95. The summed E-state index contributed by atoms with van der Waals surface area (Å²) >= 11 is 0. The first kappa shape index (κ1) is 13.5. The number of benzene rings is 1. The monoisotopic (exact) mass is 315 g/mol. The van der Waals surface area contributed by atoms with Gasteiger partial charge in [-0.25, -0.2) is 9.50 Å². The van der Waals surface area contributed by atoms with Gasteiger partial charge in [0, 0.05) is 28.4 Å². The fourth-order valence-corrected chi connectivity index (χ4v) is 3.86. The first-order valence-corrected chi connectivity index (χ1v) is 8.31. The summed E-state index contributed by atoms with van der Waals surface area (Å²) in [6.45, 7) is 0. The van der Waals surface area contributed by atoms with Crippen LogP contribution in [0.4, 0.5) is 5.82 Å². The maximum Gasteiger partial charge on any atom is 0.151 e. The van der Waals surface area contributed by atoms with E-state index in [-0.39, 0.29) is 0 Å². The van der Waals surface area contributed by atoms with Crippen molar-refractivity contribution in [2.45, 2.75) is 25.7 Å². The van der Waals surface area contributed by atoms with E-state index in [9.17, 15) is 0 Å². The van der Waals surface area contributed by atoms with Crippen LogP contribution in [-0.4, -0.2) is 19.6 Å². The Morgan fingerprint density at radius 2 is 1.92 bits per heavy atom. The Labute approximate surface area is 139 Å². The van der Waals surface area contributed by atoms with Crippen molar-refractivity contribution in [2.75, 3.05) is 5.73 Å². The van der Waals surface area contributed by atoms with Gasteiger partial charge in [-0.3, -0.25) is 4.98 Å². The number of rotatable bonds is 1. The van der Waals surface area contributed by atoms with Gasteiger partial charge in [-0.1, -0.05) is 18.2 Å². The SMILES string of the molecule is Nc1ncnn2c3c(c(-c4cnc5ccccc5c4)c12)CCCC3. The van der Waals surface area contributed by atoms with Crippen molar-refractivity contribution in [1.29, 1.82) is 0 Å². The smallest absolute Gasteiger partial charge is 0.151 e. The van der Waals surface area contributed by atoms with E-state index in [0.717, 1.165) is 40.4 Å². The quantitative estimate of drug-likeness (QED) is 0.584. The maximum absolute atomic E-state index is 6.23. The highest BCUT2D eigenvalue weighted by molar-refractivity contribution is 5.94. The van der Waals surface area contributed by atoms with E-state index in [0.29, 0.717) is 5.82 Å². The van der Waals surface area contributed by atoms with E-state index >= 15 is 0 Å². The fraction of sp³-hybridized carbons (Fsp3) is 0.211. The van der Waals surface area contributed by atoms with Crippen LogP contribution < -0.4 is 5.73 Å². The van der Waals surface area contributed by atoms with Gasteiger partial charge in [0.2, 0.25) is 0 Å². The number of aromatic nitrogens is 4. The molecule has 5 rings (SSSR count). The fourth-order valence-electron chi connectivity index (χ4n) is 3.86. The van der Waals surface area contributed by atoms with Crippen molar-refractivity contribution in [2.24, 2.45) is 0 Å². The van der Waals surface area contributed by atoms with Crippen LogP contribution >= 0.6 is 0 Å². The number of pyridine rings is 1. The summed E-state index contributed by atoms with van der Waals surface area (Å²) in [7, 11) is 0. The summed E-state index contributed by atoms with van der Waals surface area (Å²) in [5.74, 6) is 0.530. The molecule has 0 fully saturated rings. The molecule has 0 bridgehead atoms. The van der Waals surface area contributed by atoms with Gasteiger partial charge < -0.3 is 5.73 Å². The van der Waals surface area contributed by atoms with Crippen molar-refractivity contribution in [3.8, 4) is 11.1 Å². The highest BCUT2D eigenvalue weighted by atomic mass is 15.3. The molecule has 1 aliphatic rings. The minimum atomic E-state index is 0.530. The molecule has 3 heterocycles. The summed E-state index contributed by atoms with van der Waals surface area (Å²) in [6, 6.07) is 10.4. The molecule has 118 valence electrons. The molecule has 2 N–H and O–H groups in total. The van der Waals surface area contributed by atoms with Crippen molar-refractivity contribution in [3.63, 3.8) is 0 Å². The van der Waals surface area contributed by atoms with Gasteiger partial charge in [0.25, 0.3) is 0 Å². The Balaban J connectivity index is 1.87. The molecule has 0 atom stereocenters. The number of para-hydroxylation sites is 1. The van der Waals surface area contributed by atoms with Gasteiger partial charge in [0.05, 0.1) is 5.52 Å². The topological polar surface area (TPSA) is 69.1 Å². The lowest BCUT2D eigenvalue weighted by Crippen LogP contribution is -2.06. The molecule has 0 unspecified atom stereocenters. The highest BCUT2D eigenvalue weighted by Crippen LogP contribution is 2.39. The minimum absolute atomic E-state index is 0.530. The summed E-state index contributed by atoms with van der Waals surface area (Å²) in [6.07, 6.45) is 7.97. The molecule has 3 aromatic heterocycles. The molecule has 5 nitrogen and oxygen atoms in total. The Morgan fingerprint density at radius 1 is 1.04 bits per heavy atom. The van der Waals surface area contributed by atoms with E-state index in [1.807, 2.05) is 28.9 Å². The van der Waals surface area contributed by atoms with E-state index in [1.54, 1.807) is 6.33 Å². The number of hydrogen-bond acceptors (Lipinski definition) is 4. The molecule has 1 aliphatic carbocycles. The van der Waals surface area contributed by atoms with Crippen LogP contribution in [0.1, 0.15) is 24.1 Å². The van der Waals surface area contributed by atoms with Crippen LogP contribution in [0.15, 0.2) is 42.9 Å². The molecule has 1 aromatic carbocycles. The predicted molar refractivity (Wildman–Crippen MR) is 94.8 cm³/mol. The van der Waals surface area contributed by atoms with Gasteiger partial charge >= 0.3 is 0 Å². The average Bonchev–Trinajstić information content (AvgIpc) is 2.97. The van der Waals surface area contributed by atoms with Crippen LogP contribution in [-0.2, 0) is 12.8 Å². The molecule has 5 heteroatoms. The Kier molecular flexibility index (Phi) is 2.82. The van der Waals surface area contributed by atoms with Crippen molar-refractivity contribution < 1.29 is 0 Å². The van der Waals surface area contributed by atoms with Crippen LogP contribution in [0.5, 0.6) is 0 Å². The molecule has 0 saturated carbocycles. The zero-order valence-corrected chi connectivity index (χ0v) is 13.2. The van der Waals surface area contributed by atoms with Gasteiger partial charge in [0.15, 0.2) is 5.82 Å². The zero-order chi connectivity index (χ0) is 16.1. The largest absolute Gasteiger partial charge is 0.382 e. The molecule has 0 radical (unpaired) electrons. The molecular weight excluding hydrogens is 298 g/mol. The first-order chi connectivity index (χ1) is 11.8. The third-order valence-electron chi connectivity index (χ3n) is 4.93. The van der Waals surface area contributed by atoms with Gasteiger partial charge in [-0.15, -0.1) is 0 Å². The third-order valence-corrected chi connectivity index (χ3v) is 4.93. The van der Waals surface area contributed by atoms with Gasteiger partial charge in [-0.2, -0.15) is 5.10 Å². The van der Waals surface area contributed by atoms with E-state index < -0.39 is 0 Å². The van der Waals surface area contributed by atoms with Gasteiger partial charge in [-0.05, 0) is 43.4 Å². The lowest BCUT2D eigenvalue weighted by molar-refractivity contribution is 0.654. The maximum atomic E-state index is 6.23. The molecular formula is C19H17N5. The predicted octanol–water partition coefficient (Wildman–Crippen LogP) is 3.41. The Morgan fingerprint density at radius 3 is 2.88 bits per heavy atom. The number of fused-ring (bicyclic) bond motifs is 4. The molecule has 0 spiro atoms. The number of nitrogen functional groups attached to an aromatic ring is 1. The number of aryl methyl sites for hydroxylation is 1. The van der Waals surface area contributed by atoms with E-state index in [1.165, 1.54) is 24.1 Å². The number of nitrogens with zero attached hydrogens (tertiary/aromatic N) is 4. The summed E-state index contributed by atoms with van der Waals surface area (Å²) in [4.78, 5) is 8.86. The van der Waals surface area contributed by atoms with Gasteiger partial charge in [0.1, 0.15) is 11.8 Å². The zero-order valence-electron chi connectivity index (χ0n) is 13.2. The lowest BCUT2D eigenvalue weighted by Gasteiger charge is -2.13. The normalized spacial score (nSPS) is 14.2. The van der Waals surface area contributed by atoms with E-state index in [2.05, 4.69) is 27.2 Å². The average molecular weight is 315 g/mol. The summed E-state index contributed by atoms with van der Waals surface area (Å²) < 4.78 is 1.99. The minimum Gasteiger partial charge on any atom is -0.382 e. The Bertz CT molecular complexity index is 1080. The second-order valence-corrected chi connectivity index (χ2v) is 6.33. The second-order valence-electron chi connectivity index (χ2n) is 6.33. The van der Waals surface area contributed by atoms with Crippen LogP contribution in [0, 0.1) is 0 Å². The number of hydrogen-bond donors (Lipinski definition) is 1. The van der Waals surface area contributed by atoms with Crippen molar-refractivity contribution in [1.82, 2.24) is 19.6 Å². The van der Waals surface area contributed by atoms with Crippen LogP contribution in [0.25, 0.3) is 27.5 Å². The number of anilines is 1. The molecule has 0 aliphatic heterocycles. The molecule has 0 amide bonds. The molecule has 0 saturated heterocycles. The second kappa shape index (κ2) is 5.03. The standard InChI is InChI=1S/C19H17N5/c20-19-18-17(13-9-12-5-1-3-7-15(12)21-10-13)14-6-2-4-8-16(14)24(18)23-11-22-19/h1,3,5,7,9-11H,2,4,6,8H2,(H2,20,22,23). The first-order valence-electron chi connectivity index (χ1n) is 8.31. The molecule has 4 aromatic rings.